The zero-order valence-electron chi connectivity index (χ0n) is 15.7. The Morgan fingerprint density at radius 2 is 1.59 bits per heavy atom. The standard InChI is InChI=1S/C26H18FNO/c27-25-14-5-2-10-21(25)18-29-26-15-6-3-9-20(26)16-22(17-28)24-13-7-11-19-8-1-4-12-23(19)24/h1-16H,18H2/b22-16-. The number of benzene rings is 4. The van der Waals surface area contributed by atoms with Gasteiger partial charge in [-0.25, -0.2) is 4.39 Å². The molecule has 4 rings (SSSR count). The van der Waals surface area contributed by atoms with Crippen molar-refractivity contribution < 1.29 is 9.13 Å². The smallest absolute Gasteiger partial charge is 0.129 e. The molecule has 0 aliphatic rings. The van der Waals surface area contributed by atoms with Gasteiger partial charge in [0.05, 0.1) is 11.6 Å². The fourth-order valence-corrected chi connectivity index (χ4v) is 3.29. The second-order valence-corrected chi connectivity index (χ2v) is 6.61. The van der Waals surface area contributed by atoms with E-state index >= 15 is 0 Å². The molecule has 0 unspecified atom stereocenters. The molecular weight excluding hydrogens is 361 g/mol. The van der Waals surface area contributed by atoms with Crippen LogP contribution in [0.1, 0.15) is 16.7 Å². The number of halogens is 1. The maximum Gasteiger partial charge on any atom is 0.129 e. The number of para-hydroxylation sites is 1. The fraction of sp³-hybridized carbons (Fsp3) is 0.0385. The van der Waals surface area contributed by atoms with Gasteiger partial charge in [0.2, 0.25) is 0 Å². The second kappa shape index (κ2) is 8.41. The summed E-state index contributed by atoms with van der Waals surface area (Å²) in [7, 11) is 0. The lowest BCUT2D eigenvalue weighted by Gasteiger charge is -2.11. The van der Waals surface area contributed by atoms with Crippen molar-refractivity contribution in [2.45, 2.75) is 6.61 Å². The number of hydrogen-bond donors (Lipinski definition) is 0. The molecule has 0 heterocycles. The average molecular weight is 379 g/mol. The molecule has 0 bridgehead atoms. The molecule has 0 N–H and O–H groups in total. The van der Waals surface area contributed by atoms with Crippen LogP contribution in [-0.4, -0.2) is 0 Å². The Labute approximate surface area is 169 Å². The molecule has 0 amide bonds. The Morgan fingerprint density at radius 3 is 2.45 bits per heavy atom. The van der Waals surface area contributed by atoms with Crippen LogP contribution in [0.25, 0.3) is 22.4 Å². The molecule has 0 aliphatic heterocycles. The molecule has 4 aromatic rings. The summed E-state index contributed by atoms with van der Waals surface area (Å²) in [6.07, 6.45) is 1.82. The maximum atomic E-state index is 13.9. The molecule has 0 saturated heterocycles. The molecule has 0 atom stereocenters. The Balaban J connectivity index is 1.70. The lowest BCUT2D eigenvalue weighted by atomic mass is 9.97. The van der Waals surface area contributed by atoms with E-state index in [4.69, 9.17) is 4.74 Å². The Kier molecular flexibility index (Phi) is 5.36. The van der Waals surface area contributed by atoms with Gasteiger partial charge in [-0.1, -0.05) is 78.9 Å². The molecule has 0 saturated carbocycles. The fourth-order valence-electron chi connectivity index (χ4n) is 3.29. The third-order valence-corrected chi connectivity index (χ3v) is 4.76. The number of fused-ring (bicyclic) bond motifs is 1. The highest BCUT2D eigenvalue weighted by atomic mass is 19.1. The molecule has 0 fully saturated rings. The zero-order chi connectivity index (χ0) is 20.1. The summed E-state index contributed by atoms with van der Waals surface area (Å²) in [6, 6.07) is 30.2. The van der Waals surface area contributed by atoms with E-state index < -0.39 is 0 Å². The van der Waals surface area contributed by atoms with Gasteiger partial charge in [-0.05, 0) is 29.0 Å². The van der Waals surface area contributed by atoms with E-state index in [0.29, 0.717) is 16.9 Å². The van der Waals surface area contributed by atoms with Gasteiger partial charge < -0.3 is 4.74 Å². The molecule has 0 aliphatic carbocycles. The molecule has 0 aromatic heterocycles. The highest BCUT2D eigenvalue weighted by Crippen LogP contribution is 2.29. The summed E-state index contributed by atoms with van der Waals surface area (Å²) >= 11 is 0. The number of hydrogen-bond acceptors (Lipinski definition) is 2. The third kappa shape index (κ3) is 4.02. The van der Waals surface area contributed by atoms with Crippen molar-refractivity contribution in [3.8, 4) is 11.8 Å². The predicted molar refractivity (Wildman–Crippen MR) is 115 cm³/mol. The summed E-state index contributed by atoms with van der Waals surface area (Å²) < 4.78 is 19.8. The molecule has 0 radical (unpaired) electrons. The van der Waals surface area contributed by atoms with Crippen molar-refractivity contribution in [2.75, 3.05) is 0 Å². The summed E-state index contributed by atoms with van der Waals surface area (Å²) in [5.74, 6) is 0.303. The Hall–Kier alpha value is -3.90. The van der Waals surface area contributed by atoms with E-state index in [2.05, 4.69) is 6.07 Å². The van der Waals surface area contributed by atoms with Crippen LogP contribution in [0.15, 0.2) is 91.0 Å². The quantitative estimate of drug-likeness (QED) is 0.288. The third-order valence-electron chi connectivity index (χ3n) is 4.76. The van der Waals surface area contributed by atoms with Crippen molar-refractivity contribution >= 4 is 22.4 Å². The normalized spacial score (nSPS) is 11.2. The molecule has 4 aromatic carbocycles. The van der Waals surface area contributed by atoms with Crippen LogP contribution in [0, 0.1) is 17.1 Å². The van der Waals surface area contributed by atoms with Crippen molar-refractivity contribution in [3.63, 3.8) is 0 Å². The lowest BCUT2D eigenvalue weighted by molar-refractivity contribution is 0.299. The second-order valence-electron chi connectivity index (χ2n) is 6.61. The number of ether oxygens (including phenoxy) is 1. The monoisotopic (exact) mass is 379 g/mol. The first-order chi connectivity index (χ1) is 14.3. The van der Waals surface area contributed by atoms with Crippen LogP contribution >= 0.6 is 0 Å². The number of nitriles is 1. The van der Waals surface area contributed by atoms with Crippen LogP contribution in [0.4, 0.5) is 4.39 Å². The maximum absolute atomic E-state index is 13.9. The van der Waals surface area contributed by atoms with Gasteiger partial charge in [-0.3, -0.25) is 0 Å². The van der Waals surface area contributed by atoms with Crippen LogP contribution in [0.3, 0.4) is 0 Å². The van der Waals surface area contributed by atoms with Crippen LogP contribution in [-0.2, 0) is 6.61 Å². The predicted octanol–water partition coefficient (Wildman–Crippen LogP) is 6.62. The average Bonchev–Trinajstić information content (AvgIpc) is 2.77. The zero-order valence-corrected chi connectivity index (χ0v) is 15.7. The summed E-state index contributed by atoms with van der Waals surface area (Å²) in [5, 5.41) is 11.9. The van der Waals surface area contributed by atoms with Crippen LogP contribution in [0.5, 0.6) is 5.75 Å². The highest BCUT2D eigenvalue weighted by Gasteiger charge is 2.09. The van der Waals surface area contributed by atoms with Crippen LogP contribution < -0.4 is 4.74 Å². The van der Waals surface area contributed by atoms with E-state index in [1.807, 2.05) is 72.8 Å². The molecule has 3 heteroatoms. The Morgan fingerprint density at radius 1 is 0.862 bits per heavy atom. The number of nitrogens with zero attached hydrogens (tertiary/aromatic N) is 1. The van der Waals surface area contributed by atoms with Crippen molar-refractivity contribution in [1.82, 2.24) is 0 Å². The van der Waals surface area contributed by atoms with Crippen molar-refractivity contribution in [2.24, 2.45) is 0 Å². The topological polar surface area (TPSA) is 33.0 Å². The molecule has 140 valence electrons. The van der Waals surface area contributed by atoms with E-state index in [1.54, 1.807) is 18.2 Å². The number of allylic oxidation sites excluding steroid dienone is 1. The van der Waals surface area contributed by atoms with Crippen LogP contribution in [0.2, 0.25) is 0 Å². The molecule has 29 heavy (non-hydrogen) atoms. The molecule has 2 nitrogen and oxygen atoms in total. The lowest BCUT2D eigenvalue weighted by Crippen LogP contribution is -1.99. The SMILES string of the molecule is N#C/C(=C/c1ccccc1OCc1ccccc1F)c1cccc2ccccc12. The van der Waals surface area contributed by atoms with E-state index in [-0.39, 0.29) is 12.4 Å². The minimum absolute atomic E-state index is 0.119. The first-order valence-corrected chi connectivity index (χ1v) is 9.31. The minimum atomic E-state index is -0.297. The van der Waals surface area contributed by atoms with E-state index in [9.17, 15) is 9.65 Å². The summed E-state index contributed by atoms with van der Waals surface area (Å²) in [4.78, 5) is 0. The highest BCUT2D eigenvalue weighted by molar-refractivity contribution is 6.02. The first-order valence-electron chi connectivity index (χ1n) is 9.31. The van der Waals surface area contributed by atoms with Gasteiger partial charge in [-0.15, -0.1) is 0 Å². The van der Waals surface area contributed by atoms with Gasteiger partial charge in [0.15, 0.2) is 0 Å². The Bertz CT molecular complexity index is 1230. The van der Waals surface area contributed by atoms with Crippen molar-refractivity contribution in [3.05, 3.63) is 114 Å². The van der Waals surface area contributed by atoms with E-state index in [0.717, 1.165) is 21.9 Å². The van der Waals surface area contributed by atoms with Crippen molar-refractivity contribution in [1.29, 1.82) is 5.26 Å². The van der Waals surface area contributed by atoms with Gasteiger partial charge in [0.25, 0.3) is 0 Å². The molecular formula is C26H18FNO. The summed E-state index contributed by atoms with van der Waals surface area (Å²) in [6.45, 7) is 0.119. The van der Waals surface area contributed by atoms with Gasteiger partial charge >= 0.3 is 0 Å². The molecule has 0 spiro atoms. The summed E-state index contributed by atoms with van der Waals surface area (Å²) in [5.41, 5.74) is 2.67. The van der Waals surface area contributed by atoms with Gasteiger partial charge in [0, 0.05) is 16.7 Å². The van der Waals surface area contributed by atoms with E-state index in [1.165, 1.54) is 6.07 Å². The van der Waals surface area contributed by atoms with Gasteiger partial charge in [-0.2, -0.15) is 5.26 Å². The first kappa shape index (κ1) is 18.5. The largest absolute Gasteiger partial charge is 0.488 e. The minimum Gasteiger partial charge on any atom is -0.488 e. The number of rotatable bonds is 5. The van der Waals surface area contributed by atoms with Gasteiger partial charge in [0.1, 0.15) is 18.2 Å².